The average Bonchev–Trinajstić information content (AvgIpc) is 2.12. The van der Waals surface area contributed by atoms with Crippen LogP contribution < -0.4 is 0 Å². The van der Waals surface area contributed by atoms with Gasteiger partial charge < -0.3 is 10.2 Å². The first-order chi connectivity index (χ1) is 7.80. The van der Waals surface area contributed by atoms with E-state index in [0.717, 1.165) is 0 Å². The van der Waals surface area contributed by atoms with Gasteiger partial charge in [-0.25, -0.2) is 8.42 Å². The normalized spacial score (nSPS) is 39.5. The standard InChI is InChI=1S/C10H14O6S/c11-9(12)5-1-6-3-17(15,16)4-7(2-5)8(6)10(13)14/h5-8H,1-4H2,(H,11,12)(H,13,14). The highest BCUT2D eigenvalue weighted by Gasteiger charge is 2.50. The second-order valence-corrected chi connectivity index (χ2v) is 7.12. The Balaban J connectivity index is 2.29. The number of rotatable bonds is 2. The minimum atomic E-state index is -3.21. The van der Waals surface area contributed by atoms with Crippen LogP contribution in [0.3, 0.4) is 0 Å². The molecule has 1 heterocycles. The lowest BCUT2D eigenvalue weighted by molar-refractivity contribution is -0.153. The van der Waals surface area contributed by atoms with Crippen LogP contribution in [0.4, 0.5) is 0 Å². The second-order valence-electron chi connectivity index (χ2n) is 4.97. The van der Waals surface area contributed by atoms with E-state index < -0.39 is 45.4 Å². The van der Waals surface area contributed by atoms with E-state index in [0.29, 0.717) is 0 Å². The van der Waals surface area contributed by atoms with Gasteiger partial charge in [0, 0.05) is 0 Å². The molecule has 0 aromatic rings. The first kappa shape index (κ1) is 12.3. The number of aliphatic carboxylic acids is 2. The summed E-state index contributed by atoms with van der Waals surface area (Å²) < 4.78 is 23.1. The van der Waals surface area contributed by atoms with E-state index in [-0.39, 0.29) is 24.3 Å². The molecule has 17 heavy (non-hydrogen) atoms. The maximum atomic E-state index is 11.6. The van der Waals surface area contributed by atoms with Crippen molar-refractivity contribution in [1.29, 1.82) is 0 Å². The van der Waals surface area contributed by atoms with Crippen LogP contribution in [-0.2, 0) is 19.4 Å². The number of hydrogen-bond acceptors (Lipinski definition) is 4. The van der Waals surface area contributed by atoms with Gasteiger partial charge in [-0.1, -0.05) is 0 Å². The number of sulfone groups is 1. The van der Waals surface area contributed by atoms with Crippen LogP contribution in [0.15, 0.2) is 0 Å². The molecular weight excluding hydrogens is 248 g/mol. The Morgan fingerprint density at radius 1 is 0.941 bits per heavy atom. The first-order valence-electron chi connectivity index (χ1n) is 5.46. The molecule has 0 radical (unpaired) electrons. The van der Waals surface area contributed by atoms with Crippen molar-refractivity contribution in [3.63, 3.8) is 0 Å². The largest absolute Gasteiger partial charge is 0.481 e. The molecule has 0 amide bonds. The predicted octanol–water partition coefficient (Wildman–Crippen LogP) is -0.157. The van der Waals surface area contributed by atoms with Crippen LogP contribution in [0.5, 0.6) is 0 Å². The van der Waals surface area contributed by atoms with Crippen LogP contribution >= 0.6 is 0 Å². The second kappa shape index (κ2) is 3.97. The van der Waals surface area contributed by atoms with Crippen molar-refractivity contribution in [2.75, 3.05) is 11.5 Å². The van der Waals surface area contributed by atoms with Crippen molar-refractivity contribution in [3.8, 4) is 0 Å². The van der Waals surface area contributed by atoms with E-state index >= 15 is 0 Å². The third-order valence-electron chi connectivity index (χ3n) is 3.76. The van der Waals surface area contributed by atoms with Gasteiger partial charge in [0.1, 0.15) is 0 Å². The van der Waals surface area contributed by atoms with E-state index in [1.807, 2.05) is 0 Å². The molecule has 2 unspecified atom stereocenters. The van der Waals surface area contributed by atoms with Gasteiger partial charge in [-0.05, 0) is 24.7 Å². The summed E-state index contributed by atoms with van der Waals surface area (Å²) in [7, 11) is -3.21. The molecule has 1 saturated heterocycles. The zero-order valence-electron chi connectivity index (χ0n) is 9.07. The molecule has 2 atom stereocenters. The molecule has 2 N–H and O–H groups in total. The molecule has 0 spiro atoms. The Morgan fingerprint density at radius 2 is 1.41 bits per heavy atom. The number of carboxylic acid groups (broad SMARTS) is 2. The molecular formula is C10H14O6S. The molecule has 1 aliphatic heterocycles. The molecule has 96 valence electrons. The number of carboxylic acids is 2. The van der Waals surface area contributed by atoms with Crippen molar-refractivity contribution in [3.05, 3.63) is 0 Å². The van der Waals surface area contributed by atoms with Gasteiger partial charge in [0.25, 0.3) is 0 Å². The van der Waals surface area contributed by atoms with Gasteiger partial charge in [-0.15, -0.1) is 0 Å². The number of carbonyl (C=O) groups is 2. The van der Waals surface area contributed by atoms with Crippen LogP contribution in [0.25, 0.3) is 0 Å². The molecule has 7 heteroatoms. The van der Waals surface area contributed by atoms with E-state index in [9.17, 15) is 18.0 Å². The Labute approximate surface area is 98.5 Å². The maximum Gasteiger partial charge on any atom is 0.307 e. The van der Waals surface area contributed by atoms with Crippen molar-refractivity contribution in [1.82, 2.24) is 0 Å². The third kappa shape index (κ3) is 2.29. The average molecular weight is 262 g/mol. The smallest absolute Gasteiger partial charge is 0.307 e. The molecule has 2 fully saturated rings. The molecule has 1 aliphatic carbocycles. The molecule has 6 nitrogen and oxygen atoms in total. The van der Waals surface area contributed by atoms with Crippen molar-refractivity contribution in [2.45, 2.75) is 12.8 Å². The molecule has 2 aliphatic rings. The minimum Gasteiger partial charge on any atom is -0.481 e. The summed E-state index contributed by atoms with van der Waals surface area (Å²) in [5.41, 5.74) is 0. The molecule has 0 aromatic carbocycles. The third-order valence-corrected chi connectivity index (χ3v) is 5.63. The predicted molar refractivity (Wildman–Crippen MR) is 57.1 cm³/mol. The van der Waals surface area contributed by atoms with Crippen LogP contribution in [0.1, 0.15) is 12.8 Å². The summed E-state index contributed by atoms with van der Waals surface area (Å²) in [6, 6.07) is 0. The fourth-order valence-corrected chi connectivity index (χ4v) is 5.30. The van der Waals surface area contributed by atoms with Gasteiger partial charge in [-0.2, -0.15) is 0 Å². The maximum absolute atomic E-state index is 11.6. The highest BCUT2D eigenvalue weighted by atomic mass is 32.2. The lowest BCUT2D eigenvalue weighted by atomic mass is 9.68. The van der Waals surface area contributed by atoms with E-state index in [4.69, 9.17) is 10.2 Å². The fourth-order valence-electron chi connectivity index (χ4n) is 3.17. The van der Waals surface area contributed by atoms with Gasteiger partial charge >= 0.3 is 11.9 Å². The molecule has 0 aromatic heterocycles. The summed E-state index contributed by atoms with van der Waals surface area (Å²) in [5, 5.41) is 18.0. The summed E-state index contributed by atoms with van der Waals surface area (Å²) in [6.45, 7) is 0. The zero-order chi connectivity index (χ0) is 12.8. The Bertz CT molecular complexity index is 431. The van der Waals surface area contributed by atoms with Crippen molar-refractivity contribution < 1.29 is 28.2 Å². The summed E-state index contributed by atoms with van der Waals surface area (Å²) in [5.74, 6) is -4.74. The van der Waals surface area contributed by atoms with Gasteiger partial charge in [0.15, 0.2) is 9.84 Å². The summed E-state index contributed by atoms with van der Waals surface area (Å²) in [6.07, 6.45) is 0.310. The SMILES string of the molecule is O=C(O)C1CC2CS(=O)(=O)CC(C1)C2C(=O)O. The summed E-state index contributed by atoms with van der Waals surface area (Å²) >= 11 is 0. The Hall–Kier alpha value is -1.11. The summed E-state index contributed by atoms with van der Waals surface area (Å²) in [4.78, 5) is 22.0. The van der Waals surface area contributed by atoms with Crippen LogP contribution in [-0.4, -0.2) is 42.1 Å². The Kier molecular flexibility index (Phi) is 2.89. The van der Waals surface area contributed by atoms with Crippen LogP contribution in [0.2, 0.25) is 0 Å². The van der Waals surface area contributed by atoms with Crippen LogP contribution in [0, 0.1) is 23.7 Å². The Morgan fingerprint density at radius 3 is 1.76 bits per heavy atom. The van der Waals surface area contributed by atoms with Crippen molar-refractivity contribution >= 4 is 21.8 Å². The topological polar surface area (TPSA) is 109 Å². The van der Waals surface area contributed by atoms with Gasteiger partial charge in [-0.3, -0.25) is 9.59 Å². The fraction of sp³-hybridized carbons (Fsp3) is 0.800. The molecule has 1 saturated carbocycles. The lowest BCUT2D eigenvalue weighted by Crippen LogP contribution is -2.49. The van der Waals surface area contributed by atoms with Gasteiger partial charge in [0.2, 0.25) is 0 Å². The van der Waals surface area contributed by atoms with E-state index in [1.54, 1.807) is 0 Å². The van der Waals surface area contributed by atoms with E-state index in [1.165, 1.54) is 0 Å². The number of hydrogen-bond donors (Lipinski definition) is 2. The zero-order valence-corrected chi connectivity index (χ0v) is 9.89. The molecule has 2 rings (SSSR count). The van der Waals surface area contributed by atoms with E-state index in [2.05, 4.69) is 0 Å². The quantitative estimate of drug-likeness (QED) is 0.716. The highest BCUT2D eigenvalue weighted by molar-refractivity contribution is 7.91. The highest BCUT2D eigenvalue weighted by Crippen LogP contribution is 2.43. The lowest BCUT2D eigenvalue weighted by Gasteiger charge is -2.41. The van der Waals surface area contributed by atoms with Gasteiger partial charge in [0.05, 0.1) is 23.3 Å². The monoisotopic (exact) mass is 262 g/mol. The minimum absolute atomic E-state index is 0.155. The first-order valence-corrected chi connectivity index (χ1v) is 7.28. The number of fused-ring (bicyclic) bond motifs is 2. The molecule has 2 bridgehead atoms. The van der Waals surface area contributed by atoms with Crippen molar-refractivity contribution in [2.24, 2.45) is 23.7 Å².